The van der Waals surface area contributed by atoms with Crippen molar-refractivity contribution in [1.29, 1.82) is 0 Å². The van der Waals surface area contributed by atoms with E-state index in [9.17, 15) is 0 Å². The van der Waals surface area contributed by atoms with Gasteiger partial charge in [0.25, 0.3) is 0 Å². The van der Waals surface area contributed by atoms with Crippen molar-refractivity contribution >= 4 is 5.84 Å². The first-order valence-corrected chi connectivity index (χ1v) is 4.52. The molecule has 1 aliphatic heterocycles. The molecule has 1 aliphatic rings. The van der Waals surface area contributed by atoms with Crippen LogP contribution < -0.4 is 5.32 Å². The number of aliphatic imine (C=N–C) groups is 1. The van der Waals surface area contributed by atoms with Crippen LogP contribution in [0.25, 0.3) is 0 Å². The van der Waals surface area contributed by atoms with Crippen LogP contribution in [0.1, 0.15) is 32.6 Å². The lowest BCUT2D eigenvalue weighted by atomic mass is 10.0. The maximum absolute atomic E-state index is 4.19. The van der Waals surface area contributed by atoms with E-state index in [1.807, 2.05) is 7.05 Å². The van der Waals surface area contributed by atoms with Crippen LogP contribution in [0.2, 0.25) is 0 Å². The van der Waals surface area contributed by atoms with Crippen molar-refractivity contribution in [2.24, 2.45) is 10.9 Å². The summed E-state index contributed by atoms with van der Waals surface area (Å²) in [6, 6.07) is 0. The second kappa shape index (κ2) is 4.37. The van der Waals surface area contributed by atoms with Crippen molar-refractivity contribution in [3.8, 4) is 0 Å². The minimum Gasteiger partial charge on any atom is -0.374 e. The second-order valence-electron chi connectivity index (χ2n) is 3.40. The van der Waals surface area contributed by atoms with Crippen molar-refractivity contribution in [2.45, 2.75) is 32.6 Å². The number of nitrogens with one attached hydrogen (secondary N) is 1. The van der Waals surface area contributed by atoms with Crippen LogP contribution in [-0.2, 0) is 0 Å². The van der Waals surface area contributed by atoms with Crippen molar-refractivity contribution in [1.82, 2.24) is 5.32 Å². The van der Waals surface area contributed by atoms with Gasteiger partial charge >= 0.3 is 0 Å². The molecule has 0 aromatic carbocycles. The zero-order valence-corrected chi connectivity index (χ0v) is 7.56. The predicted octanol–water partition coefficient (Wildman–Crippen LogP) is 1.81. The molecule has 1 rings (SSSR count). The van der Waals surface area contributed by atoms with Crippen LogP contribution in [0.4, 0.5) is 0 Å². The molecule has 2 nitrogen and oxygen atoms in total. The molecule has 0 aromatic rings. The van der Waals surface area contributed by atoms with Gasteiger partial charge in [-0.2, -0.15) is 0 Å². The molecule has 1 N–H and O–H groups in total. The topological polar surface area (TPSA) is 24.4 Å². The number of rotatable bonds is 0. The smallest absolute Gasteiger partial charge is 0.0959 e. The highest BCUT2D eigenvalue weighted by Crippen LogP contribution is 2.11. The molecule has 1 atom stereocenters. The SMILES string of the molecule is CN=C1CCCCC(C)CN1. The molecule has 1 heterocycles. The zero-order chi connectivity index (χ0) is 8.10. The first-order chi connectivity index (χ1) is 5.33. The summed E-state index contributed by atoms with van der Waals surface area (Å²) >= 11 is 0. The fourth-order valence-electron chi connectivity index (χ4n) is 1.46. The molecule has 2 heteroatoms. The van der Waals surface area contributed by atoms with Gasteiger partial charge in [0.2, 0.25) is 0 Å². The van der Waals surface area contributed by atoms with Gasteiger partial charge in [0.15, 0.2) is 0 Å². The van der Waals surface area contributed by atoms with Gasteiger partial charge in [0.05, 0.1) is 5.84 Å². The Morgan fingerprint density at radius 1 is 1.45 bits per heavy atom. The van der Waals surface area contributed by atoms with E-state index in [2.05, 4.69) is 17.2 Å². The minimum atomic E-state index is 0.812. The van der Waals surface area contributed by atoms with Gasteiger partial charge in [-0.25, -0.2) is 0 Å². The van der Waals surface area contributed by atoms with E-state index in [-0.39, 0.29) is 0 Å². The van der Waals surface area contributed by atoms with Crippen LogP contribution >= 0.6 is 0 Å². The molecule has 0 radical (unpaired) electrons. The maximum atomic E-state index is 4.19. The molecule has 0 aromatic heterocycles. The summed E-state index contributed by atoms with van der Waals surface area (Å²) in [7, 11) is 1.87. The highest BCUT2D eigenvalue weighted by molar-refractivity contribution is 5.82. The van der Waals surface area contributed by atoms with Gasteiger partial charge in [0.1, 0.15) is 0 Å². The van der Waals surface area contributed by atoms with Gasteiger partial charge in [-0.1, -0.05) is 13.3 Å². The molecule has 1 fully saturated rings. The fraction of sp³-hybridized carbons (Fsp3) is 0.889. The van der Waals surface area contributed by atoms with Gasteiger partial charge < -0.3 is 5.32 Å². The first kappa shape index (κ1) is 8.57. The molecule has 64 valence electrons. The quantitative estimate of drug-likeness (QED) is 0.565. The number of hydrogen-bond acceptors (Lipinski definition) is 1. The highest BCUT2D eigenvalue weighted by Gasteiger charge is 2.07. The molecule has 1 unspecified atom stereocenters. The summed E-state index contributed by atoms with van der Waals surface area (Å²) in [6.45, 7) is 3.40. The van der Waals surface area contributed by atoms with Gasteiger partial charge in [-0.3, -0.25) is 4.99 Å². The lowest BCUT2D eigenvalue weighted by Gasteiger charge is -2.18. The lowest BCUT2D eigenvalue weighted by Crippen LogP contribution is -2.29. The zero-order valence-electron chi connectivity index (χ0n) is 7.56. The molecule has 11 heavy (non-hydrogen) atoms. The summed E-state index contributed by atoms with van der Waals surface area (Å²) in [5, 5.41) is 3.37. The van der Waals surface area contributed by atoms with Crippen LogP contribution in [0, 0.1) is 5.92 Å². The third kappa shape index (κ3) is 2.91. The molecule has 0 saturated carbocycles. The minimum absolute atomic E-state index is 0.812. The van der Waals surface area contributed by atoms with Gasteiger partial charge in [-0.05, 0) is 18.8 Å². The third-order valence-electron chi connectivity index (χ3n) is 2.29. The van der Waals surface area contributed by atoms with Crippen molar-refractivity contribution < 1.29 is 0 Å². The first-order valence-electron chi connectivity index (χ1n) is 4.52. The van der Waals surface area contributed by atoms with Crippen molar-refractivity contribution in [3.05, 3.63) is 0 Å². The number of hydrogen-bond donors (Lipinski definition) is 1. The summed E-state index contributed by atoms with van der Waals surface area (Å²) in [4.78, 5) is 4.19. The Bertz CT molecular complexity index is 140. The maximum Gasteiger partial charge on any atom is 0.0959 e. The average molecular weight is 154 g/mol. The monoisotopic (exact) mass is 154 g/mol. The van der Waals surface area contributed by atoms with E-state index >= 15 is 0 Å². The highest BCUT2D eigenvalue weighted by atomic mass is 15.0. The van der Waals surface area contributed by atoms with E-state index < -0.39 is 0 Å². The second-order valence-corrected chi connectivity index (χ2v) is 3.40. The van der Waals surface area contributed by atoms with E-state index in [1.165, 1.54) is 25.1 Å². The summed E-state index contributed by atoms with van der Waals surface area (Å²) in [6.07, 6.45) is 5.17. The lowest BCUT2D eigenvalue weighted by molar-refractivity contribution is 0.476. The number of amidine groups is 1. The molecule has 0 aliphatic carbocycles. The van der Waals surface area contributed by atoms with E-state index in [4.69, 9.17) is 0 Å². The normalized spacial score (nSPS) is 30.7. The Hall–Kier alpha value is -0.530. The molecule has 0 spiro atoms. The third-order valence-corrected chi connectivity index (χ3v) is 2.29. The van der Waals surface area contributed by atoms with Crippen molar-refractivity contribution in [3.63, 3.8) is 0 Å². The fourth-order valence-corrected chi connectivity index (χ4v) is 1.46. The Balaban J connectivity index is 2.38. The molecule has 1 saturated heterocycles. The van der Waals surface area contributed by atoms with E-state index in [0.717, 1.165) is 18.9 Å². The van der Waals surface area contributed by atoms with Crippen LogP contribution in [-0.4, -0.2) is 19.4 Å². The number of nitrogens with zero attached hydrogens (tertiary/aromatic N) is 1. The van der Waals surface area contributed by atoms with Gasteiger partial charge in [-0.15, -0.1) is 0 Å². The molecular weight excluding hydrogens is 136 g/mol. The summed E-state index contributed by atoms with van der Waals surface area (Å²) < 4.78 is 0. The summed E-state index contributed by atoms with van der Waals surface area (Å²) in [5.74, 6) is 2.00. The average Bonchev–Trinajstić information content (AvgIpc) is 1.98. The van der Waals surface area contributed by atoms with Crippen LogP contribution in [0.3, 0.4) is 0 Å². The van der Waals surface area contributed by atoms with E-state index in [1.54, 1.807) is 0 Å². The van der Waals surface area contributed by atoms with E-state index in [0.29, 0.717) is 0 Å². The van der Waals surface area contributed by atoms with Crippen molar-refractivity contribution in [2.75, 3.05) is 13.6 Å². The standard InChI is InChI=1S/C9H18N2/c1-8-5-3-4-6-9(10-2)11-7-8/h8H,3-7H2,1-2H3,(H,10,11). The Morgan fingerprint density at radius 2 is 2.27 bits per heavy atom. The van der Waals surface area contributed by atoms with Crippen LogP contribution in [0.5, 0.6) is 0 Å². The largest absolute Gasteiger partial charge is 0.374 e. The Kier molecular flexibility index (Phi) is 3.40. The summed E-state index contributed by atoms with van der Waals surface area (Å²) in [5.41, 5.74) is 0. The molecular formula is C9H18N2. The molecule has 0 amide bonds. The predicted molar refractivity (Wildman–Crippen MR) is 49.0 cm³/mol. The molecule has 0 bridgehead atoms. The Labute approximate surface area is 69.1 Å². The Morgan fingerprint density at radius 3 is 3.00 bits per heavy atom. The van der Waals surface area contributed by atoms with Crippen LogP contribution in [0.15, 0.2) is 4.99 Å². The van der Waals surface area contributed by atoms with Gasteiger partial charge in [0, 0.05) is 20.0 Å².